The number of nitrogens with zero attached hydrogens (tertiary/aromatic N) is 3. The number of nitro groups is 1. The zero-order valence-electron chi connectivity index (χ0n) is 16.9. The van der Waals surface area contributed by atoms with Crippen molar-refractivity contribution in [2.75, 3.05) is 14.2 Å². The van der Waals surface area contributed by atoms with Crippen LogP contribution in [-0.4, -0.2) is 37.7 Å². The molecule has 11 nitrogen and oxygen atoms in total. The highest BCUT2D eigenvalue weighted by molar-refractivity contribution is 14.1. The molecule has 1 N–H and O–H groups in total. The first-order valence-electron chi connectivity index (χ1n) is 8.86. The predicted octanol–water partition coefficient (Wildman–Crippen LogP) is 3.62. The maximum atomic E-state index is 13.5. The Balaban J connectivity index is 2.01. The summed E-state index contributed by atoms with van der Waals surface area (Å²) in [6.45, 7) is -0.249. The van der Waals surface area contributed by atoms with Crippen LogP contribution < -0.4 is 14.2 Å². The van der Waals surface area contributed by atoms with E-state index in [0.717, 1.165) is 40.8 Å². The molecule has 0 saturated heterocycles. The first-order valence-corrected chi connectivity index (χ1v) is 11.4. The van der Waals surface area contributed by atoms with E-state index in [4.69, 9.17) is 9.47 Å². The number of sulfonamides is 1. The number of hydrogen-bond donors (Lipinski definition) is 1. The minimum Gasteiger partial charge on any atom is -0.497 e. The highest BCUT2D eigenvalue weighted by atomic mass is 127. The lowest BCUT2D eigenvalue weighted by Gasteiger charge is -2.13. The maximum absolute atomic E-state index is 13.5. The number of nitro benzene ring substituents is 1. The smallest absolute Gasteiger partial charge is 0.373 e. The molecule has 176 valence electrons. The molecule has 3 rings (SSSR count). The molecule has 3 aromatic rings. The molecule has 0 amide bonds. The van der Waals surface area contributed by atoms with Crippen LogP contribution >= 0.6 is 22.6 Å². The second-order valence-corrected chi connectivity index (χ2v) is 9.45. The van der Waals surface area contributed by atoms with Crippen molar-refractivity contribution in [3.05, 3.63) is 58.0 Å². The summed E-state index contributed by atoms with van der Waals surface area (Å²) in [4.78, 5) is 13.3. The van der Waals surface area contributed by atoms with Gasteiger partial charge in [0.05, 0.1) is 24.0 Å². The Morgan fingerprint density at radius 1 is 1.21 bits per heavy atom. The van der Waals surface area contributed by atoms with Gasteiger partial charge in [0, 0.05) is 58.5 Å². The van der Waals surface area contributed by atoms with Crippen LogP contribution in [0.2, 0.25) is 0 Å². The average molecular weight is 596 g/mol. The van der Waals surface area contributed by atoms with Crippen LogP contribution in [0.3, 0.4) is 0 Å². The molecule has 33 heavy (non-hydrogen) atoms. The molecule has 15 heteroatoms. The Hall–Kier alpha value is -2.92. The van der Waals surface area contributed by atoms with E-state index < -0.39 is 41.2 Å². The normalized spacial score (nSPS) is 11.9. The number of halogens is 3. The first-order chi connectivity index (χ1) is 15.5. The van der Waals surface area contributed by atoms with Crippen LogP contribution in [0.1, 0.15) is 11.5 Å². The molecule has 1 aromatic heterocycles. The monoisotopic (exact) mass is 596 g/mol. The molecule has 0 saturated carbocycles. The number of ether oxygens (including phenoxy) is 2. The van der Waals surface area contributed by atoms with Gasteiger partial charge in [0.15, 0.2) is 0 Å². The van der Waals surface area contributed by atoms with Crippen LogP contribution in [-0.2, 0) is 20.5 Å². The topological polar surface area (TPSA) is 147 Å². The molecule has 0 atom stereocenters. The summed E-state index contributed by atoms with van der Waals surface area (Å²) in [5.74, 6) is -0.697. The molecule has 0 radical (unpaired) electrons. The predicted molar refractivity (Wildman–Crippen MR) is 118 cm³/mol. The summed E-state index contributed by atoms with van der Waals surface area (Å²) in [6, 6.07) is 7.53. The lowest BCUT2D eigenvalue weighted by Crippen LogP contribution is -2.24. The zero-order valence-corrected chi connectivity index (χ0v) is 19.9. The Morgan fingerprint density at radius 3 is 2.52 bits per heavy atom. The van der Waals surface area contributed by atoms with Crippen molar-refractivity contribution < 1.29 is 36.1 Å². The quantitative estimate of drug-likeness (QED) is 0.169. The second-order valence-electron chi connectivity index (χ2n) is 6.36. The number of non-ortho nitro benzene ring substituents is 1. The van der Waals surface area contributed by atoms with Gasteiger partial charge in [-0.2, -0.15) is 13.8 Å². The third-order valence-electron chi connectivity index (χ3n) is 4.32. The average Bonchev–Trinajstić information content (AvgIpc) is 3.28. The number of nitrogens with one attached hydrogen (secondary N) is 1. The zero-order chi connectivity index (χ0) is 24.4. The van der Waals surface area contributed by atoms with Crippen molar-refractivity contribution in [3.8, 4) is 22.9 Å². The number of aromatic nitrogens is 2. The van der Waals surface area contributed by atoms with E-state index in [1.54, 1.807) is 18.2 Å². The van der Waals surface area contributed by atoms with E-state index >= 15 is 0 Å². The van der Waals surface area contributed by atoms with E-state index in [1.807, 2.05) is 0 Å². The van der Waals surface area contributed by atoms with E-state index in [9.17, 15) is 27.3 Å². The van der Waals surface area contributed by atoms with Gasteiger partial charge in [-0.1, -0.05) is 11.2 Å². The molecule has 0 aliphatic heterocycles. The fourth-order valence-corrected chi connectivity index (χ4v) is 4.17. The van der Waals surface area contributed by atoms with Gasteiger partial charge < -0.3 is 14.0 Å². The first kappa shape index (κ1) is 24.7. The van der Waals surface area contributed by atoms with Gasteiger partial charge in [0.1, 0.15) is 11.5 Å². The minimum absolute atomic E-state index is 0.249. The minimum atomic E-state index is -4.41. The molecule has 0 fully saturated rings. The molecular weight excluding hydrogens is 581 g/mol. The van der Waals surface area contributed by atoms with Crippen molar-refractivity contribution in [2.45, 2.75) is 15.4 Å². The van der Waals surface area contributed by atoms with Crippen molar-refractivity contribution in [1.29, 1.82) is 0 Å². The molecule has 0 unspecified atom stereocenters. The van der Waals surface area contributed by atoms with E-state index in [1.165, 1.54) is 14.2 Å². The van der Waals surface area contributed by atoms with E-state index in [2.05, 4.69) is 19.4 Å². The second kappa shape index (κ2) is 9.52. The Kier molecular flexibility index (Phi) is 7.13. The summed E-state index contributed by atoms with van der Waals surface area (Å²) in [5.41, 5.74) is -0.352. The van der Waals surface area contributed by atoms with Crippen LogP contribution in [0.25, 0.3) is 11.4 Å². The van der Waals surface area contributed by atoms with Gasteiger partial charge in [-0.15, -0.1) is 0 Å². The number of alkyl halides is 3. The number of rotatable bonds is 9. The maximum Gasteiger partial charge on any atom is 0.373 e. The molecule has 0 aliphatic rings. The van der Waals surface area contributed by atoms with Crippen LogP contribution in [0, 0.1) is 10.1 Å². The summed E-state index contributed by atoms with van der Waals surface area (Å²) in [5, 5.41) is 14.6. The molecule has 2 aromatic carbocycles. The van der Waals surface area contributed by atoms with E-state index in [0.29, 0.717) is 17.1 Å². The molecule has 0 aliphatic carbocycles. The molecular formula is C18H15F2IN4O7S. The Morgan fingerprint density at radius 2 is 1.94 bits per heavy atom. The lowest BCUT2D eigenvalue weighted by molar-refractivity contribution is -0.385. The number of benzene rings is 2. The number of methoxy groups -OCH3 is 2. The van der Waals surface area contributed by atoms with Gasteiger partial charge in [-0.25, -0.2) is 13.1 Å². The largest absolute Gasteiger partial charge is 0.497 e. The van der Waals surface area contributed by atoms with Crippen molar-refractivity contribution >= 4 is 38.3 Å². The standard InChI is InChI=1S/C18H15F2IN4O7S/c1-30-12-5-3-10(14(8-12)31-2)9-22-33(28,29)15-7-11(25(26)27)4-6-13(15)16-23-17(32-24-16)18(19,20)21/h3-8,22H,9H2,1-2H3. The van der Waals surface area contributed by atoms with Crippen molar-refractivity contribution in [1.82, 2.24) is 14.9 Å². The van der Waals surface area contributed by atoms with Crippen molar-refractivity contribution in [2.24, 2.45) is 0 Å². The molecule has 0 spiro atoms. The third kappa shape index (κ3) is 5.53. The summed E-state index contributed by atoms with van der Waals surface area (Å²) < 4.78 is 66.7. The Bertz CT molecular complexity index is 1300. The van der Waals surface area contributed by atoms with Crippen LogP contribution in [0.15, 0.2) is 45.8 Å². The third-order valence-corrected chi connectivity index (χ3v) is 6.22. The van der Waals surface area contributed by atoms with Crippen LogP contribution in [0.5, 0.6) is 11.5 Å². The summed E-state index contributed by atoms with van der Waals surface area (Å²) in [7, 11) is -1.56. The molecule has 0 bridgehead atoms. The van der Waals surface area contributed by atoms with Gasteiger partial charge in [0.2, 0.25) is 15.8 Å². The molecule has 1 heterocycles. The highest BCUT2D eigenvalue weighted by Gasteiger charge is 2.35. The van der Waals surface area contributed by atoms with Crippen LogP contribution in [0.4, 0.5) is 14.5 Å². The number of hydrogen-bond acceptors (Lipinski definition) is 9. The van der Waals surface area contributed by atoms with Gasteiger partial charge in [-0.3, -0.25) is 10.1 Å². The Labute approximate surface area is 199 Å². The van der Waals surface area contributed by atoms with Gasteiger partial charge in [-0.05, 0) is 12.1 Å². The summed E-state index contributed by atoms with van der Waals surface area (Å²) in [6.07, 6.45) is 0. The van der Waals surface area contributed by atoms with Crippen molar-refractivity contribution in [3.63, 3.8) is 0 Å². The van der Waals surface area contributed by atoms with Gasteiger partial charge >= 0.3 is 9.82 Å². The van der Waals surface area contributed by atoms with E-state index in [-0.39, 0.29) is 12.1 Å². The highest BCUT2D eigenvalue weighted by Crippen LogP contribution is 2.36. The SMILES string of the molecule is COc1ccc(CNS(=O)(=O)c2cc([N+](=O)[O-])ccc2-c2noc(C(F)(F)I)n2)c(OC)c1. The summed E-state index contributed by atoms with van der Waals surface area (Å²) >= 11 is 0.775. The fourth-order valence-electron chi connectivity index (χ4n) is 2.73. The lowest BCUT2D eigenvalue weighted by atomic mass is 10.2. The van der Waals surface area contributed by atoms with Gasteiger partial charge in [0.25, 0.3) is 5.69 Å². The fraction of sp³-hybridized carbons (Fsp3) is 0.222.